The van der Waals surface area contributed by atoms with Crippen LogP contribution in [0.4, 0.5) is 0 Å². The topological polar surface area (TPSA) is 25.8 Å². The van der Waals surface area contributed by atoms with Crippen molar-refractivity contribution in [1.82, 2.24) is 9.97 Å². The van der Waals surface area contributed by atoms with Gasteiger partial charge >= 0.3 is 0 Å². The quantitative estimate of drug-likeness (QED) is 0.764. The first kappa shape index (κ1) is 13.9. The minimum absolute atomic E-state index is 0.588. The van der Waals surface area contributed by atoms with E-state index in [1.807, 2.05) is 0 Å². The van der Waals surface area contributed by atoms with Crippen LogP contribution in [0.1, 0.15) is 36.5 Å². The summed E-state index contributed by atoms with van der Waals surface area (Å²) in [5.41, 5.74) is 4.07. The number of fused-ring (bicyclic) bond motifs is 1. The lowest BCUT2D eigenvalue weighted by atomic mass is 10.1. The lowest BCUT2D eigenvalue weighted by Crippen LogP contribution is -1.95. The molecular weight excluding hydrogens is 288 g/mol. The number of hydrogen-bond donors (Lipinski definition) is 0. The summed E-state index contributed by atoms with van der Waals surface area (Å²) in [7, 11) is 0. The second-order valence-corrected chi connectivity index (χ2v) is 6.50. The van der Waals surface area contributed by atoms with E-state index in [2.05, 4.69) is 35.1 Å². The van der Waals surface area contributed by atoms with Gasteiger partial charge < -0.3 is 0 Å². The van der Waals surface area contributed by atoms with Gasteiger partial charge in [-0.1, -0.05) is 42.8 Å². The summed E-state index contributed by atoms with van der Waals surface area (Å²) in [6.07, 6.45) is 7.23. The number of halogens is 1. The number of benzene rings is 1. The fourth-order valence-corrected chi connectivity index (χ4v) is 3.91. The summed E-state index contributed by atoms with van der Waals surface area (Å²) >= 11 is 7.90. The minimum Gasteiger partial charge on any atom is -0.229 e. The summed E-state index contributed by atoms with van der Waals surface area (Å²) in [6.45, 7) is 2.15. The Morgan fingerprint density at radius 3 is 2.90 bits per heavy atom. The van der Waals surface area contributed by atoms with Crippen molar-refractivity contribution in [2.45, 2.75) is 48.9 Å². The zero-order valence-corrected chi connectivity index (χ0v) is 13.1. The van der Waals surface area contributed by atoms with Gasteiger partial charge in [-0.2, -0.15) is 0 Å². The van der Waals surface area contributed by atoms with E-state index in [-0.39, 0.29) is 0 Å². The second kappa shape index (κ2) is 6.15. The smallest absolute Gasteiger partial charge is 0.136 e. The molecule has 3 rings (SSSR count). The predicted octanol–water partition coefficient (Wildman–Crippen LogP) is 4.72. The summed E-state index contributed by atoms with van der Waals surface area (Å²) in [5.74, 6) is 0. The average molecular weight is 305 g/mol. The van der Waals surface area contributed by atoms with Crippen LogP contribution in [0.2, 0.25) is 5.15 Å². The highest BCUT2D eigenvalue weighted by Crippen LogP contribution is 2.34. The Bertz CT molecular complexity index is 628. The molecule has 0 saturated heterocycles. The molecule has 0 radical (unpaired) electrons. The van der Waals surface area contributed by atoms with Crippen LogP contribution < -0.4 is 0 Å². The van der Waals surface area contributed by atoms with Crippen molar-refractivity contribution in [3.8, 4) is 0 Å². The van der Waals surface area contributed by atoms with Gasteiger partial charge in [-0.15, -0.1) is 0 Å². The molecular formula is C16H17ClN2S. The molecule has 1 heterocycles. The Labute approximate surface area is 129 Å². The van der Waals surface area contributed by atoms with Crippen LogP contribution in [0.5, 0.6) is 0 Å². The molecule has 2 nitrogen and oxygen atoms in total. The standard InChI is InChI=1S/C16H17ClN2S/c1-2-4-14-15(17)18-10-19-16(14)20-13-8-7-11-5-3-6-12(11)9-13/h7-10H,2-6H2,1H3. The van der Waals surface area contributed by atoms with Gasteiger partial charge in [0, 0.05) is 10.5 Å². The summed E-state index contributed by atoms with van der Waals surface area (Å²) in [5, 5.41) is 1.58. The van der Waals surface area contributed by atoms with E-state index in [0.29, 0.717) is 5.15 Å². The Morgan fingerprint density at radius 1 is 1.20 bits per heavy atom. The van der Waals surface area contributed by atoms with E-state index >= 15 is 0 Å². The van der Waals surface area contributed by atoms with Crippen LogP contribution in [0, 0.1) is 0 Å². The van der Waals surface area contributed by atoms with Gasteiger partial charge in [0.2, 0.25) is 0 Å². The molecule has 1 aliphatic carbocycles. The first-order chi connectivity index (χ1) is 9.78. The van der Waals surface area contributed by atoms with Crippen LogP contribution >= 0.6 is 23.4 Å². The number of hydrogen-bond acceptors (Lipinski definition) is 3. The first-order valence-electron chi connectivity index (χ1n) is 7.07. The van der Waals surface area contributed by atoms with Crippen molar-refractivity contribution in [2.75, 3.05) is 0 Å². The minimum atomic E-state index is 0.588. The van der Waals surface area contributed by atoms with Gasteiger partial charge in [0.05, 0.1) is 0 Å². The molecule has 20 heavy (non-hydrogen) atoms. The van der Waals surface area contributed by atoms with E-state index in [1.165, 1.54) is 35.3 Å². The molecule has 1 aromatic heterocycles. The monoisotopic (exact) mass is 304 g/mol. The van der Waals surface area contributed by atoms with Crippen LogP contribution in [0.3, 0.4) is 0 Å². The third kappa shape index (κ3) is 2.84. The third-order valence-electron chi connectivity index (χ3n) is 3.64. The fourth-order valence-electron chi connectivity index (χ4n) is 2.65. The maximum Gasteiger partial charge on any atom is 0.136 e. The highest BCUT2D eigenvalue weighted by Gasteiger charge is 2.14. The number of aryl methyl sites for hydroxylation is 2. The predicted molar refractivity (Wildman–Crippen MR) is 83.6 cm³/mol. The molecule has 0 spiro atoms. The van der Waals surface area contributed by atoms with Gasteiger partial charge in [-0.05, 0) is 48.9 Å². The molecule has 104 valence electrons. The molecule has 0 atom stereocenters. The molecule has 0 amide bonds. The van der Waals surface area contributed by atoms with Crippen LogP contribution in [-0.4, -0.2) is 9.97 Å². The molecule has 1 aromatic carbocycles. The molecule has 4 heteroatoms. The summed E-state index contributed by atoms with van der Waals surface area (Å²) in [4.78, 5) is 9.76. The number of aromatic nitrogens is 2. The fraction of sp³-hybridized carbons (Fsp3) is 0.375. The second-order valence-electron chi connectivity index (χ2n) is 5.08. The summed E-state index contributed by atoms with van der Waals surface area (Å²) < 4.78 is 0. The Kier molecular flexibility index (Phi) is 4.27. The molecule has 0 saturated carbocycles. The lowest BCUT2D eigenvalue weighted by Gasteiger charge is -2.09. The van der Waals surface area contributed by atoms with E-state index in [9.17, 15) is 0 Å². The van der Waals surface area contributed by atoms with Crippen molar-refractivity contribution in [3.63, 3.8) is 0 Å². The van der Waals surface area contributed by atoms with E-state index in [0.717, 1.165) is 23.4 Å². The Morgan fingerprint density at radius 2 is 2.05 bits per heavy atom. The van der Waals surface area contributed by atoms with Crippen molar-refractivity contribution in [2.24, 2.45) is 0 Å². The number of rotatable bonds is 4. The number of nitrogens with zero attached hydrogens (tertiary/aromatic N) is 2. The molecule has 2 aromatic rings. The van der Waals surface area contributed by atoms with Crippen molar-refractivity contribution in [3.05, 3.63) is 46.4 Å². The zero-order valence-electron chi connectivity index (χ0n) is 11.5. The maximum atomic E-state index is 6.20. The average Bonchev–Trinajstić information content (AvgIpc) is 2.90. The molecule has 0 aliphatic heterocycles. The van der Waals surface area contributed by atoms with Crippen molar-refractivity contribution in [1.29, 1.82) is 0 Å². The van der Waals surface area contributed by atoms with Gasteiger partial charge in [0.25, 0.3) is 0 Å². The molecule has 0 N–H and O–H groups in total. The first-order valence-corrected chi connectivity index (χ1v) is 8.26. The Hall–Kier alpha value is -1.06. The highest BCUT2D eigenvalue weighted by molar-refractivity contribution is 7.99. The third-order valence-corrected chi connectivity index (χ3v) is 5.00. The van der Waals surface area contributed by atoms with Crippen molar-refractivity contribution < 1.29 is 0 Å². The Balaban J connectivity index is 1.89. The van der Waals surface area contributed by atoms with Crippen LogP contribution in [-0.2, 0) is 19.3 Å². The van der Waals surface area contributed by atoms with Gasteiger partial charge in [0.15, 0.2) is 0 Å². The van der Waals surface area contributed by atoms with E-state index < -0.39 is 0 Å². The van der Waals surface area contributed by atoms with E-state index in [1.54, 1.807) is 18.1 Å². The molecule has 1 aliphatic rings. The van der Waals surface area contributed by atoms with Crippen molar-refractivity contribution >= 4 is 23.4 Å². The van der Waals surface area contributed by atoms with Crippen LogP contribution in [0.25, 0.3) is 0 Å². The molecule has 0 bridgehead atoms. The van der Waals surface area contributed by atoms with Crippen LogP contribution in [0.15, 0.2) is 34.4 Å². The van der Waals surface area contributed by atoms with Gasteiger partial charge in [-0.25, -0.2) is 9.97 Å². The normalized spacial score (nSPS) is 13.5. The molecule has 0 fully saturated rings. The highest BCUT2D eigenvalue weighted by atomic mass is 35.5. The zero-order chi connectivity index (χ0) is 13.9. The summed E-state index contributed by atoms with van der Waals surface area (Å²) in [6, 6.07) is 6.76. The van der Waals surface area contributed by atoms with E-state index in [4.69, 9.17) is 11.6 Å². The maximum absolute atomic E-state index is 6.20. The SMILES string of the molecule is CCCc1c(Cl)ncnc1Sc1ccc2c(c1)CCC2. The largest absolute Gasteiger partial charge is 0.229 e. The molecule has 0 unspecified atom stereocenters. The van der Waals surface area contributed by atoms with Gasteiger partial charge in [0.1, 0.15) is 16.5 Å². The lowest BCUT2D eigenvalue weighted by molar-refractivity contribution is 0.856. The van der Waals surface area contributed by atoms with Gasteiger partial charge in [-0.3, -0.25) is 0 Å².